The first kappa shape index (κ1) is 15.5. The first-order valence-electron chi connectivity index (χ1n) is 8.48. The summed E-state index contributed by atoms with van der Waals surface area (Å²) in [5, 5.41) is 1.05. The predicted molar refractivity (Wildman–Crippen MR) is 96.9 cm³/mol. The Morgan fingerprint density at radius 3 is 2.39 bits per heavy atom. The van der Waals surface area contributed by atoms with Crippen LogP contribution >= 0.6 is 0 Å². The molecular formula is C21H23NO. The van der Waals surface area contributed by atoms with Crippen LogP contribution in [0, 0.1) is 0 Å². The van der Waals surface area contributed by atoms with Crippen LogP contribution in [-0.4, -0.2) is 10.9 Å². The largest absolute Gasteiger partial charge is 0.340 e. The molecular weight excluding hydrogens is 282 g/mol. The van der Waals surface area contributed by atoms with Crippen molar-refractivity contribution in [3.05, 3.63) is 60.2 Å². The Morgan fingerprint density at radius 1 is 0.913 bits per heavy atom. The van der Waals surface area contributed by atoms with E-state index in [2.05, 4.69) is 29.7 Å². The van der Waals surface area contributed by atoms with Crippen LogP contribution < -0.4 is 0 Å². The van der Waals surface area contributed by atoms with Crippen molar-refractivity contribution in [1.29, 1.82) is 0 Å². The predicted octanol–water partition coefficient (Wildman–Crippen LogP) is 5.70. The van der Waals surface area contributed by atoms with Gasteiger partial charge in [0.25, 0.3) is 0 Å². The van der Waals surface area contributed by atoms with Crippen LogP contribution in [0.2, 0.25) is 0 Å². The van der Waals surface area contributed by atoms with Gasteiger partial charge in [0.15, 0.2) is 6.29 Å². The highest BCUT2D eigenvalue weighted by atomic mass is 16.1. The van der Waals surface area contributed by atoms with Gasteiger partial charge in [-0.3, -0.25) is 4.79 Å². The summed E-state index contributed by atoms with van der Waals surface area (Å²) < 4.78 is 2.32. The van der Waals surface area contributed by atoms with Gasteiger partial charge in [0, 0.05) is 23.0 Å². The van der Waals surface area contributed by atoms with Crippen LogP contribution in [0.15, 0.2) is 54.6 Å². The molecule has 1 aromatic heterocycles. The van der Waals surface area contributed by atoms with E-state index in [1.165, 1.54) is 19.3 Å². The maximum absolute atomic E-state index is 11.8. The fourth-order valence-corrected chi connectivity index (χ4v) is 3.29. The second-order valence-electron chi connectivity index (χ2n) is 5.98. The standard InChI is InChI=1S/C21H23NO/c1-2-3-4-10-15-22-20-14-9-8-13-18(20)19(16-23)21(22)17-11-6-5-7-12-17/h5-9,11-14,16H,2-4,10,15H2,1H3. The molecule has 0 saturated heterocycles. The van der Waals surface area contributed by atoms with Gasteiger partial charge in [-0.1, -0.05) is 74.7 Å². The van der Waals surface area contributed by atoms with E-state index in [4.69, 9.17) is 0 Å². The topological polar surface area (TPSA) is 22.0 Å². The lowest BCUT2D eigenvalue weighted by Crippen LogP contribution is -2.01. The second-order valence-corrected chi connectivity index (χ2v) is 5.98. The summed E-state index contributed by atoms with van der Waals surface area (Å²) >= 11 is 0. The molecule has 0 N–H and O–H groups in total. The van der Waals surface area contributed by atoms with Crippen molar-refractivity contribution in [2.24, 2.45) is 0 Å². The number of carbonyl (C=O) groups is 1. The molecule has 0 unspecified atom stereocenters. The summed E-state index contributed by atoms with van der Waals surface area (Å²) in [7, 11) is 0. The number of hydrogen-bond donors (Lipinski definition) is 0. The number of carbonyl (C=O) groups excluding carboxylic acids is 1. The molecule has 0 amide bonds. The number of benzene rings is 2. The zero-order valence-electron chi connectivity index (χ0n) is 13.7. The number of unbranched alkanes of at least 4 members (excludes halogenated alkanes) is 3. The van der Waals surface area contributed by atoms with E-state index in [0.29, 0.717) is 0 Å². The normalized spacial score (nSPS) is 11.0. The molecule has 0 saturated carbocycles. The van der Waals surface area contributed by atoms with Gasteiger partial charge in [-0.05, 0) is 18.1 Å². The lowest BCUT2D eigenvalue weighted by atomic mass is 10.1. The zero-order chi connectivity index (χ0) is 16.1. The SMILES string of the molecule is CCCCCCn1c(-c2ccccc2)c(C=O)c2ccccc21. The van der Waals surface area contributed by atoms with Crippen molar-refractivity contribution in [1.82, 2.24) is 4.57 Å². The number of fused-ring (bicyclic) bond motifs is 1. The Morgan fingerprint density at radius 2 is 1.65 bits per heavy atom. The molecule has 23 heavy (non-hydrogen) atoms. The Kier molecular flexibility index (Phi) is 4.92. The summed E-state index contributed by atoms with van der Waals surface area (Å²) in [6.07, 6.45) is 5.88. The molecule has 0 aliphatic heterocycles. The van der Waals surface area contributed by atoms with Gasteiger partial charge in [-0.2, -0.15) is 0 Å². The molecule has 2 aromatic carbocycles. The second kappa shape index (κ2) is 7.28. The quantitative estimate of drug-likeness (QED) is 0.405. The number of rotatable bonds is 7. The molecule has 0 aliphatic carbocycles. The molecule has 3 rings (SSSR count). The fourth-order valence-electron chi connectivity index (χ4n) is 3.29. The fraction of sp³-hybridized carbons (Fsp3) is 0.286. The van der Waals surface area contributed by atoms with E-state index in [9.17, 15) is 4.79 Å². The molecule has 3 aromatic rings. The van der Waals surface area contributed by atoms with Crippen molar-refractivity contribution in [2.75, 3.05) is 0 Å². The van der Waals surface area contributed by atoms with Gasteiger partial charge in [0.1, 0.15) is 0 Å². The number of para-hydroxylation sites is 1. The third-order valence-electron chi connectivity index (χ3n) is 4.41. The van der Waals surface area contributed by atoms with E-state index in [1.54, 1.807) is 0 Å². The molecule has 0 radical (unpaired) electrons. The molecule has 1 heterocycles. The lowest BCUT2D eigenvalue weighted by Gasteiger charge is -2.11. The minimum atomic E-state index is 0.808. The first-order valence-corrected chi connectivity index (χ1v) is 8.48. The van der Waals surface area contributed by atoms with Gasteiger partial charge < -0.3 is 4.57 Å². The van der Waals surface area contributed by atoms with Crippen molar-refractivity contribution in [3.8, 4) is 11.3 Å². The number of nitrogens with zero attached hydrogens (tertiary/aromatic N) is 1. The van der Waals surface area contributed by atoms with Gasteiger partial charge in [0.05, 0.1) is 5.69 Å². The Labute approximate surface area is 137 Å². The molecule has 0 fully saturated rings. The highest BCUT2D eigenvalue weighted by molar-refractivity contribution is 6.05. The van der Waals surface area contributed by atoms with Crippen molar-refractivity contribution >= 4 is 17.2 Å². The molecule has 0 atom stereocenters. The van der Waals surface area contributed by atoms with Crippen LogP contribution in [0.5, 0.6) is 0 Å². The van der Waals surface area contributed by atoms with E-state index >= 15 is 0 Å². The van der Waals surface area contributed by atoms with Crippen LogP contribution in [-0.2, 0) is 6.54 Å². The third-order valence-corrected chi connectivity index (χ3v) is 4.41. The van der Waals surface area contributed by atoms with Crippen LogP contribution in [0.4, 0.5) is 0 Å². The summed E-state index contributed by atoms with van der Waals surface area (Å²) in [6.45, 7) is 3.18. The lowest BCUT2D eigenvalue weighted by molar-refractivity contribution is 0.112. The average molecular weight is 305 g/mol. The number of hydrogen-bond acceptors (Lipinski definition) is 1. The van der Waals surface area contributed by atoms with Gasteiger partial charge in [0.2, 0.25) is 0 Å². The summed E-state index contributed by atoms with van der Waals surface area (Å²) in [6, 6.07) is 18.5. The van der Waals surface area contributed by atoms with Gasteiger partial charge in [-0.25, -0.2) is 0 Å². The highest BCUT2D eigenvalue weighted by Gasteiger charge is 2.17. The molecule has 0 aliphatic rings. The smallest absolute Gasteiger partial charge is 0.152 e. The Balaban J connectivity index is 2.13. The van der Waals surface area contributed by atoms with E-state index in [0.717, 1.165) is 47.0 Å². The molecule has 2 nitrogen and oxygen atoms in total. The van der Waals surface area contributed by atoms with E-state index in [-0.39, 0.29) is 0 Å². The molecule has 0 spiro atoms. The van der Waals surface area contributed by atoms with Crippen LogP contribution in [0.3, 0.4) is 0 Å². The Hall–Kier alpha value is -2.35. The molecule has 0 bridgehead atoms. The maximum Gasteiger partial charge on any atom is 0.152 e. The maximum atomic E-state index is 11.8. The number of aryl methyl sites for hydroxylation is 1. The third kappa shape index (κ3) is 3.07. The van der Waals surface area contributed by atoms with Crippen molar-refractivity contribution in [2.45, 2.75) is 39.2 Å². The zero-order valence-corrected chi connectivity index (χ0v) is 13.7. The van der Waals surface area contributed by atoms with Crippen LogP contribution in [0.1, 0.15) is 43.0 Å². The first-order chi connectivity index (χ1) is 11.4. The van der Waals surface area contributed by atoms with Crippen LogP contribution in [0.25, 0.3) is 22.2 Å². The molecule has 118 valence electrons. The van der Waals surface area contributed by atoms with E-state index in [1.807, 2.05) is 36.4 Å². The van der Waals surface area contributed by atoms with E-state index < -0.39 is 0 Å². The average Bonchev–Trinajstić information content (AvgIpc) is 2.93. The summed E-state index contributed by atoms with van der Waals surface area (Å²) in [5.41, 5.74) is 4.13. The monoisotopic (exact) mass is 305 g/mol. The summed E-state index contributed by atoms with van der Waals surface area (Å²) in [4.78, 5) is 11.8. The number of aromatic nitrogens is 1. The Bertz CT molecular complexity index is 786. The minimum absolute atomic E-state index is 0.808. The van der Waals surface area contributed by atoms with Crippen molar-refractivity contribution < 1.29 is 4.79 Å². The minimum Gasteiger partial charge on any atom is -0.340 e. The highest BCUT2D eigenvalue weighted by Crippen LogP contribution is 2.33. The van der Waals surface area contributed by atoms with Gasteiger partial charge in [-0.15, -0.1) is 0 Å². The van der Waals surface area contributed by atoms with Crippen molar-refractivity contribution in [3.63, 3.8) is 0 Å². The number of aldehydes is 1. The summed E-state index contributed by atoms with van der Waals surface area (Å²) in [5.74, 6) is 0. The van der Waals surface area contributed by atoms with Gasteiger partial charge >= 0.3 is 0 Å². The molecule has 2 heteroatoms.